The summed E-state index contributed by atoms with van der Waals surface area (Å²) >= 11 is 0. The SMILES string of the molecule is Cc1cccc(Oc2ccc(-c3cn(C(C)(C)C)c4ncnc(N)c34)cc2C)c1. The van der Waals surface area contributed by atoms with Crippen molar-refractivity contribution in [3.8, 4) is 22.6 Å². The van der Waals surface area contributed by atoms with Crippen LogP contribution in [0.15, 0.2) is 55.0 Å². The van der Waals surface area contributed by atoms with Gasteiger partial charge in [0.1, 0.15) is 29.3 Å². The summed E-state index contributed by atoms with van der Waals surface area (Å²) in [7, 11) is 0. The maximum Gasteiger partial charge on any atom is 0.146 e. The lowest BCUT2D eigenvalue weighted by Gasteiger charge is -2.21. The fourth-order valence-electron chi connectivity index (χ4n) is 3.55. The first kappa shape index (κ1) is 19.0. The third-order valence-electron chi connectivity index (χ3n) is 5.04. The summed E-state index contributed by atoms with van der Waals surface area (Å²) in [6, 6.07) is 14.2. The predicted molar refractivity (Wildman–Crippen MR) is 118 cm³/mol. The number of rotatable bonds is 3. The molecule has 0 unspecified atom stereocenters. The minimum atomic E-state index is -0.124. The second kappa shape index (κ2) is 6.92. The molecule has 4 rings (SSSR count). The molecule has 0 aliphatic heterocycles. The standard InChI is InChI=1S/C24H26N4O/c1-15-7-6-8-18(11-15)29-20-10-9-17(12-16(20)2)19-13-28(24(3,4)5)23-21(19)22(25)26-14-27-23/h6-14H,1-5H3,(H2,25,26,27). The molecule has 0 atom stereocenters. The molecule has 29 heavy (non-hydrogen) atoms. The molecule has 0 spiro atoms. The summed E-state index contributed by atoms with van der Waals surface area (Å²) in [5.74, 6) is 2.16. The Hall–Kier alpha value is -3.34. The van der Waals surface area contributed by atoms with Crippen LogP contribution in [0.3, 0.4) is 0 Å². The monoisotopic (exact) mass is 386 g/mol. The maximum absolute atomic E-state index is 6.25. The van der Waals surface area contributed by atoms with Gasteiger partial charge in [-0.25, -0.2) is 9.97 Å². The first-order valence-electron chi connectivity index (χ1n) is 9.71. The van der Waals surface area contributed by atoms with E-state index < -0.39 is 0 Å². The highest BCUT2D eigenvalue weighted by Crippen LogP contribution is 2.37. The number of anilines is 1. The summed E-state index contributed by atoms with van der Waals surface area (Å²) < 4.78 is 8.25. The highest BCUT2D eigenvalue weighted by Gasteiger charge is 2.22. The quantitative estimate of drug-likeness (QED) is 0.480. The van der Waals surface area contributed by atoms with Crippen LogP contribution in [0.25, 0.3) is 22.2 Å². The number of nitrogens with zero attached hydrogens (tertiary/aromatic N) is 3. The second-order valence-corrected chi connectivity index (χ2v) is 8.44. The van der Waals surface area contributed by atoms with Gasteiger partial charge < -0.3 is 15.0 Å². The molecule has 2 aromatic carbocycles. The number of hydrogen-bond donors (Lipinski definition) is 1. The molecule has 5 heteroatoms. The number of nitrogens with two attached hydrogens (primary N) is 1. The molecule has 2 N–H and O–H groups in total. The van der Waals surface area contributed by atoms with E-state index in [-0.39, 0.29) is 5.54 Å². The topological polar surface area (TPSA) is 66.0 Å². The minimum Gasteiger partial charge on any atom is -0.457 e. The normalized spacial score (nSPS) is 11.8. The fourth-order valence-corrected chi connectivity index (χ4v) is 3.55. The molecule has 0 aliphatic carbocycles. The van der Waals surface area contributed by atoms with E-state index in [0.29, 0.717) is 5.82 Å². The number of benzene rings is 2. The van der Waals surface area contributed by atoms with Crippen LogP contribution in [0.5, 0.6) is 11.5 Å². The van der Waals surface area contributed by atoms with E-state index in [1.54, 1.807) is 0 Å². The Morgan fingerprint density at radius 3 is 2.48 bits per heavy atom. The minimum absolute atomic E-state index is 0.124. The largest absolute Gasteiger partial charge is 0.457 e. The lowest BCUT2D eigenvalue weighted by Crippen LogP contribution is -2.21. The molecular weight excluding hydrogens is 360 g/mol. The van der Waals surface area contributed by atoms with Crippen LogP contribution in [-0.4, -0.2) is 14.5 Å². The van der Waals surface area contributed by atoms with Gasteiger partial charge in [-0.3, -0.25) is 0 Å². The van der Waals surface area contributed by atoms with E-state index in [2.05, 4.69) is 73.5 Å². The van der Waals surface area contributed by atoms with Gasteiger partial charge in [-0.05, 0) is 75.6 Å². The van der Waals surface area contributed by atoms with Crippen molar-refractivity contribution in [1.29, 1.82) is 0 Å². The predicted octanol–water partition coefficient (Wildman–Crippen LogP) is 5.84. The van der Waals surface area contributed by atoms with Crippen LogP contribution >= 0.6 is 0 Å². The highest BCUT2D eigenvalue weighted by molar-refractivity contribution is 6.00. The molecule has 0 saturated heterocycles. The molecule has 2 aromatic heterocycles. The molecule has 148 valence electrons. The summed E-state index contributed by atoms with van der Waals surface area (Å²) in [4.78, 5) is 8.73. The van der Waals surface area contributed by atoms with Gasteiger partial charge in [0.05, 0.1) is 5.39 Å². The number of aryl methyl sites for hydroxylation is 2. The van der Waals surface area contributed by atoms with Crippen LogP contribution in [0, 0.1) is 13.8 Å². The Bertz CT molecular complexity index is 1200. The number of fused-ring (bicyclic) bond motifs is 1. The van der Waals surface area contributed by atoms with Crippen molar-refractivity contribution in [1.82, 2.24) is 14.5 Å². The van der Waals surface area contributed by atoms with Crippen molar-refractivity contribution >= 4 is 16.9 Å². The van der Waals surface area contributed by atoms with E-state index in [4.69, 9.17) is 10.5 Å². The Labute approximate surface area is 171 Å². The molecule has 2 heterocycles. The zero-order valence-electron chi connectivity index (χ0n) is 17.5. The number of ether oxygens (including phenoxy) is 1. The van der Waals surface area contributed by atoms with Gasteiger partial charge in [-0.1, -0.05) is 18.2 Å². The van der Waals surface area contributed by atoms with Crippen molar-refractivity contribution in [2.24, 2.45) is 0 Å². The molecular formula is C24H26N4O. The lowest BCUT2D eigenvalue weighted by atomic mass is 10.0. The zero-order valence-corrected chi connectivity index (χ0v) is 17.5. The third-order valence-corrected chi connectivity index (χ3v) is 5.04. The average molecular weight is 386 g/mol. The molecule has 0 saturated carbocycles. The van der Waals surface area contributed by atoms with E-state index in [1.807, 2.05) is 24.3 Å². The summed E-state index contributed by atoms with van der Waals surface area (Å²) in [5, 5.41) is 0.883. The van der Waals surface area contributed by atoms with Gasteiger partial charge in [-0.15, -0.1) is 0 Å². The van der Waals surface area contributed by atoms with E-state index >= 15 is 0 Å². The van der Waals surface area contributed by atoms with E-state index in [9.17, 15) is 0 Å². The lowest BCUT2D eigenvalue weighted by molar-refractivity contribution is 0.408. The smallest absolute Gasteiger partial charge is 0.146 e. The van der Waals surface area contributed by atoms with Gasteiger partial charge in [0.25, 0.3) is 0 Å². The van der Waals surface area contributed by atoms with Crippen LogP contribution in [-0.2, 0) is 5.54 Å². The van der Waals surface area contributed by atoms with Gasteiger partial charge in [0, 0.05) is 17.3 Å². The Balaban J connectivity index is 1.80. The summed E-state index contributed by atoms with van der Waals surface area (Å²) in [6.45, 7) is 10.6. The molecule has 4 aromatic rings. The third kappa shape index (κ3) is 3.56. The summed E-state index contributed by atoms with van der Waals surface area (Å²) in [5.41, 5.74) is 11.3. The van der Waals surface area contributed by atoms with Crippen molar-refractivity contribution in [2.45, 2.75) is 40.2 Å². The van der Waals surface area contributed by atoms with Crippen molar-refractivity contribution in [2.75, 3.05) is 5.73 Å². The maximum atomic E-state index is 6.25. The molecule has 0 radical (unpaired) electrons. The molecule has 0 amide bonds. The van der Waals surface area contributed by atoms with Gasteiger partial charge in [-0.2, -0.15) is 0 Å². The first-order chi connectivity index (χ1) is 13.7. The Morgan fingerprint density at radius 1 is 1.00 bits per heavy atom. The number of aromatic nitrogens is 3. The first-order valence-corrected chi connectivity index (χ1v) is 9.71. The highest BCUT2D eigenvalue weighted by atomic mass is 16.5. The van der Waals surface area contributed by atoms with Crippen LogP contribution in [0.1, 0.15) is 31.9 Å². The molecule has 0 bridgehead atoms. The second-order valence-electron chi connectivity index (χ2n) is 8.44. The average Bonchev–Trinajstić information content (AvgIpc) is 3.05. The van der Waals surface area contributed by atoms with E-state index in [1.165, 1.54) is 11.9 Å². The van der Waals surface area contributed by atoms with E-state index in [0.717, 1.165) is 39.2 Å². The van der Waals surface area contributed by atoms with Gasteiger partial charge in [0.2, 0.25) is 0 Å². The van der Waals surface area contributed by atoms with Crippen molar-refractivity contribution in [3.05, 3.63) is 66.1 Å². The molecule has 0 aliphatic rings. The molecule has 0 fully saturated rings. The fraction of sp³-hybridized carbons (Fsp3) is 0.250. The summed E-state index contributed by atoms with van der Waals surface area (Å²) in [6.07, 6.45) is 3.64. The van der Waals surface area contributed by atoms with Crippen molar-refractivity contribution in [3.63, 3.8) is 0 Å². The van der Waals surface area contributed by atoms with Crippen molar-refractivity contribution < 1.29 is 4.74 Å². The van der Waals surface area contributed by atoms with Crippen LogP contribution < -0.4 is 10.5 Å². The number of hydrogen-bond acceptors (Lipinski definition) is 4. The molecule has 5 nitrogen and oxygen atoms in total. The van der Waals surface area contributed by atoms with Gasteiger partial charge in [0.15, 0.2) is 0 Å². The van der Waals surface area contributed by atoms with Crippen LogP contribution in [0.4, 0.5) is 5.82 Å². The van der Waals surface area contributed by atoms with Crippen LogP contribution in [0.2, 0.25) is 0 Å². The Kier molecular flexibility index (Phi) is 4.53. The van der Waals surface area contributed by atoms with Gasteiger partial charge >= 0.3 is 0 Å². The number of nitrogen functional groups attached to an aromatic ring is 1. The Morgan fingerprint density at radius 2 is 1.79 bits per heavy atom. The zero-order chi connectivity index (χ0) is 20.8.